The van der Waals surface area contributed by atoms with Crippen LogP contribution < -0.4 is 15.5 Å². The van der Waals surface area contributed by atoms with Crippen molar-refractivity contribution in [2.45, 2.75) is 24.8 Å². The number of piperidine rings is 1. The van der Waals surface area contributed by atoms with Crippen LogP contribution in [0, 0.1) is 5.82 Å². The van der Waals surface area contributed by atoms with Gasteiger partial charge >= 0.3 is 6.18 Å². The predicted octanol–water partition coefficient (Wildman–Crippen LogP) is 4.59. The maximum atomic E-state index is 13.9. The van der Waals surface area contributed by atoms with Gasteiger partial charge in [-0.1, -0.05) is 0 Å². The van der Waals surface area contributed by atoms with Gasteiger partial charge in [0.15, 0.2) is 5.79 Å². The Bertz CT molecular complexity index is 1120. The molecule has 2 fully saturated rings. The Balaban J connectivity index is 1.39. The van der Waals surface area contributed by atoms with Crippen LogP contribution in [0.15, 0.2) is 42.6 Å². The number of nitrogens with zero attached hydrogens (tertiary/aromatic N) is 1. The minimum Gasteiger partial charge on any atom is -0.371 e. The molecular weight excluding hydrogens is 442 g/mol. The van der Waals surface area contributed by atoms with Crippen molar-refractivity contribution in [3.05, 3.63) is 59.5 Å². The van der Waals surface area contributed by atoms with Gasteiger partial charge in [-0.3, -0.25) is 4.79 Å². The molecule has 1 spiro atoms. The maximum Gasteiger partial charge on any atom is 0.418 e. The summed E-state index contributed by atoms with van der Waals surface area (Å²) < 4.78 is 66.6. The molecule has 0 radical (unpaired) electrons. The van der Waals surface area contributed by atoms with E-state index in [1.54, 1.807) is 4.90 Å². The van der Waals surface area contributed by atoms with Gasteiger partial charge in [0.25, 0.3) is 5.91 Å². The van der Waals surface area contributed by atoms with Gasteiger partial charge < -0.3 is 25.0 Å². The van der Waals surface area contributed by atoms with Gasteiger partial charge in [0, 0.05) is 54.8 Å². The van der Waals surface area contributed by atoms with E-state index in [0.29, 0.717) is 50.4 Å². The third kappa shape index (κ3) is 4.16. The van der Waals surface area contributed by atoms with Crippen molar-refractivity contribution in [2.24, 2.45) is 0 Å². The van der Waals surface area contributed by atoms with Crippen molar-refractivity contribution in [3.63, 3.8) is 0 Å². The number of amides is 1. The Morgan fingerprint density at radius 3 is 2.48 bits per heavy atom. The zero-order valence-corrected chi connectivity index (χ0v) is 17.5. The number of carbonyl (C=O) groups excluding carboxylic acids is 1. The summed E-state index contributed by atoms with van der Waals surface area (Å²) >= 11 is 0. The van der Waals surface area contributed by atoms with Crippen LogP contribution in [-0.2, 0) is 20.4 Å². The molecule has 2 N–H and O–H groups in total. The molecule has 0 atom stereocenters. The average Bonchev–Trinajstić information content (AvgIpc) is 3.36. The van der Waals surface area contributed by atoms with Gasteiger partial charge in [-0.2, -0.15) is 13.2 Å². The summed E-state index contributed by atoms with van der Waals surface area (Å²) in [6, 6.07) is 7.81. The summed E-state index contributed by atoms with van der Waals surface area (Å²) in [5.74, 6) is -1.66. The number of ether oxygens (including phenoxy) is 2. The van der Waals surface area contributed by atoms with Crippen LogP contribution >= 0.6 is 0 Å². The standard InChI is InChI=1S/C23H21F4N3O3/c24-14-1-3-19-16(11-14)17(21(31)29-19)13-28-15-2-4-20(18(12-15)23(25,26)27)30-7-5-22(6-8-30)32-9-10-33-22/h1-4,11-13,28H,5-10H2,(H,29,31)/b17-13+. The number of fused-ring (bicyclic) bond motifs is 1. The van der Waals surface area contributed by atoms with Crippen LogP contribution in [0.2, 0.25) is 0 Å². The van der Waals surface area contributed by atoms with Crippen LogP contribution in [0.5, 0.6) is 0 Å². The summed E-state index contributed by atoms with van der Waals surface area (Å²) in [5.41, 5.74) is 0.391. The van der Waals surface area contributed by atoms with Crippen molar-refractivity contribution in [3.8, 4) is 0 Å². The first kappa shape index (κ1) is 21.7. The molecule has 0 aliphatic carbocycles. The highest BCUT2D eigenvalue weighted by Gasteiger charge is 2.42. The fraction of sp³-hybridized carbons (Fsp3) is 0.348. The molecule has 10 heteroatoms. The number of rotatable bonds is 3. The highest BCUT2D eigenvalue weighted by molar-refractivity contribution is 6.31. The quantitative estimate of drug-likeness (QED) is 0.515. The highest BCUT2D eigenvalue weighted by atomic mass is 19.4. The topological polar surface area (TPSA) is 62.8 Å². The van der Waals surface area contributed by atoms with E-state index in [9.17, 15) is 22.4 Å². The molecule has 0 unspecified atom stereocenters. The van der Waals surface area contributed by atoms with E-state index < -0.39 is 29.3 Å². The summed E-state index contributed by atoms with van der Waals surface area (Å²) in [7, 11) is 0. The second-order valence-electron chi connectivity index (χ2n) is 8.17. The Morgan fingerprint density at radius 2 is 1.79 bits per heavy atom. The minimum atomic E-state index is -4.57. The van der Waals surface area contributed by atoms with Crippen LogP contribution in [0.1, 0.15) is 24.0 Å². The monoisotopic (exact) mass is 463 g/mol. The normalized spacial score (nSPS) is 20.9. The van der Waals surface area contributed by atoms with E-state index >= 15 is 0 Å². The van der Waals surface area contributed by atoms with E-state index in [2.05, 4.69) is 10.6 Å². The molecule has 3 heterocycles. The van der Waals surface area contributed by atoms with Crippen LogP contribution in [0.3, 0.4) is 0 Å². The Hall–Kier alpha value is -3.11. The SMILES string of the molecule is O=C1Nc2ccc(F)cc2/C1=C\Nc1ccc(N2CCC3(CC2)OCCO3)c(C(F)(F)F)c1. The minimum absolute atomic E-state index is 0.0829. The zero-order valence-electron chi connectivity index (χ0n) is 17.5. The molecule has 5 rings (SSSR count). The number of benzene rings is 2. The smallest absolute Gasteiger partial charge is 0.371 e. The van der Waals surface area contributed by atoms with Gasteiger partial charge in [-0.25, -0.2) is 4.39 Å². The molecule has 33 heavy (non-hydrogen) atoms. The second-order valence-corrected chi connectivity index (χ2v) is 8.17. The van der Waals surface area contributed by atoms with E-state index in [1.807, 2.05) is 0 Å². The molecule has 0 saturated carbocycles. The van der Waals surface area contributed by atoms with E-state index in [0.717, 1.165) is 6.07 Å². The highest BCUT2D eigenvalue weighted by Crippen LogP contribution is 2.41. The third-order valence-electron chi connectivity index (χ3n) is 6.13. The molecule has 6 nitrogen and oxygen atoms in total. The van der Waals surface area contributed by atoms with Crippen molar-refractivity contribution >= 4 is 28.5 Å². The van der Waals surface area contributed by atoms with Crippen molar-refractivity contribution in [1.82, 2.24) is 0 Å². The first-order chi connectivity index (χ1) is 15.7. The molecular formula is C23H21F4N3O3. The lowest BCUT2D eigenvalue weighted by molar-refractivity contribution is -0.169. The third-order valence-corrected chi connectivity index (χ3v) is 6.13. The van der Waals surface area contributed by atoms with Crippen molar-refractivity contribution in [1.29, 1.82) is 0 Å². The number of halogens is 4. The lowest BCUT2D eigenvalue weighted by Crippen LogP contribution is -2.45. The summed E-state index contributed by atoms with van der Waals surface area (Å²) in [6.07, 6.45) is -2.31. The Kier molecular flexibility index (Phi) is 5.29. The number of anilines is 3. The van der Waals surface area contributed by atoms with E-state index in [-0.39, 0.29) is 16.9 Å². The maximum absolute atomic E-state index is 13.9. The fourth-order valence-corrected chi connectivity index (χ4v) is 4.46. The van der Waals surface area contributed by atoms with Gasteiger partial charge in [-0.05, 0) is 36.4 Å². The molecule has 2 saturated heterocycles. The molecule has 2 aromatic carbocycles. The van der Waals surface area contributed by atoms with Crippen molar-refractivity contribution < 1.29 is 31.8 Å². The molecule has 3 aliphatic heterocycles. The molecule has 174 valence electrons. The van der Waals surface area contributed by atoms with E-state index in [1.165, 1.54) is 36.5 Å². The molecule has 0 bridgehead atoms. The van der Waals surface area contributed by atoms with Crippen LogP contribution in [0.25, 0.3) is 5.57 Å². The first-order valence-corrected chi connectivity index (χ1v) is 10.6. The summed E-state index contributed by atoms with van der Waals surface area (Å²) in [6.45, 7) is 1.75. The van der Waals surface area contributed by atoms with Gasteiger partial charge in [0.2, 0.25) is 0 Å². The molecule has 1 amide bonds. The van der Waals surface area contributed by atoms with Gasteiger partial charge in [0.1, 0.15) is 5.82 Å². The Labute approximate surface area is 187 Å². The average molecular weight is 463 g/mol. The predicted molar refractivity (Wildman–Crippen MR) is 114 cm³/mol. The lowest BCUT2D eigenvalue weighted by Gasteiger charge is -2.39. The molecule has 3 aliphatic rings. The number of carbonyl (C=O) groups is 1. The fourth-order valence-electron chi connectivity index (χ4n) is 4.46. The number of nitrogens with one attached hydrogen (secondary N) is 2. The van der Waals surface area contributed by atoms with Gasteiger partial charge in [0.05, 0.1) is 24.4 Å². The van der Waals surface area contributed by atoms with Crippen LogP contribution in [-0.4, -0.2) is 38.0 Å². The first-order valence-electron chi connectivity index (χ1n) is 10.6. The largest absolute Gasteiger partial charge is 0.418 e. The van der Waals surface area contributed by atoms with E-state index in [4.69, 9.17) is 9.47 Å². The summed E-state index contributed by atoms with van der Waals surface area (Å²) in [5, 5.41) is 5.35. The lowest BCUT2D eigenvalue weighted by atomic mass is 10.0. The second kappa shape index (κ2) is 8.03. The molecule has 2 aromatic rings. The number of hydrogen-bond acceptors (Lipinski definition) is 5. The van der Waals surface area contributed by atoms with Crippen LogP contribution in [0.4, 0.5) is 34.6 Å². The number of hydrogen-bond donors (Lipinski definition) is 2. The van der Waals surface area contributed by atoms with Gasteiger partial charge in [-0.15, -0.1) is 0 Å². The molecule has 0 aromatic heterocycles. The summed E-state index contributed by atoms with van der Waals surface area (Å²) in [4.78, 5) is 13.9. The Morgan fingerprint density at radius 1 is 1.06 bits per heavy atom. The number of alkyl halides is 3. The zero-order chi connectivity index (χ0) is 23.2. The van der Waals surface area contributed by atoms with Crippen molar-refractivity contribution in [2.75, 3.05) is 41.8 Å².